The molecule has 1 N–H and O–H groups in total. The molecule has 0 spiro atoms. The van der Waals surface area contributed by atoms with Gasteiger partial charge < -0.3 is 10.1 Å². The number of aryl methyl sites for hydroxylation is 1. The number of benzene rings is 2. The van der Waals surface area contributed by atoms with E-state index in [-0.39, 0.29) is 16.9 Å². The fourth-order valence-corrected chi connectivity index (χ4v) is 3.24. The van der Waals surface area contributed by atoms with Gasteiger partial charge in [0.15, 0.2) is 6.61 Å². The van der Waals surface area contributed by atoms with Gasteiger partial charge in [-0.25, -0.2) is 4.79 Å². The Balaban J connectivity index is 1.58. The number of ether oxygens (including phenoxy) is 1. The number of esters is 1. The van der Waals surface area contributed by atoms with Crippen LogP contribution in [0.15, 0.2) is 66.0 Å². The summed E-state index contributed by atoms with van der Waals surface area (Å²) in [6, 6.07) is 17.7. The molecule has 0 radical (unpaired) electrons. The molecule has 0 saturated heterocycles. The summed E-state index contributed by atoms with van der Waals surface area (Å²) in [6.45, 7) is 1.93. The molecule has 0 aliphatic carbocycles. The molecule has 0 unspecified atom stereocenters. The van der Waals surface area contributed by atoms with E-state index in [0.29, 0.717) is 11.4 Å². The molecule has 28 heavy (non-hydrogen) atoms. The van der Waals surface area contributed by atoms with Gasteiger partial charge in [0.1, 0.15) is 0 Å². The van der Waals surface area contributed by atoms with E-state index >= 15 is 0 Å². The molecule has 1 heterocycles. The van der Waals surface area contributed by atoms with Crippen LogP contribution in [0.25, 0.3) is 0 Å². The first-order valence-electron chi connectivity index (χ1n) is 8.71. The fraction of sp³-hybridized carbons (Fsp3) is 0.136. The van der Waals surface area contributed by atoms with Crippen molar-refractivity contribution in [2.75, 3.05) is 6.61 Å². The molecule has 0 aliphatic rings. The molecule has 0 bridgehead atoms. The van der Waals surface area contributed by atoms with Gasteiger partial charge in [0.25, 0.3) is 5.91 Å². The zero-order chi connectivity index (χ0) is 19.9. The van der Waals surface area contributed by atoms with E-state index in [4.69, 9.17) is 4.74 Å². The number of nitrogens with one attached hydrogen (secondary N) is 1. The van der Waals surface area contributed by atoms with Gasteiger partial charge in [-0.05, 0) is 30.0 Å². The smallest absolute Gasteiger partial charge is 0.339 e. The maximum atomic E-state index is 12.6. The summed E-state index contributed by atoms with van der Waals surface area (Å²) < 4.78 is 5.11. The number of thiophene rings is 1. The van der Waals surface area contributed by atoms with Gasteiger partial charge in [-0.1, -0.05) is 54.1 Å². The first-order valence-corrected chi connectivity index (χ1v) is 9.59. The van der Waals surface area contributed by atoms with Gasteiger partial charge in [-0.2, -0.15) is 0 Å². The molecule has 3 aromatic rings. The highest BCUT2D eigenvalue weighted by Crippen LogP contribution is 2.19. The standard InChI is InChI=1S/C22H19NO4S/c1-15-8-10-16(11-9-15)13-23-20(24)14-27-22(26)18-6-3-2-5-17(18)21(25)19-7-4-12-28-19/h2-12H,13-14H2,1H3,(H,23,24). The molecule has 1 amide bonds. The Kier molecular flexibility index (Phi) is 6.34. The van der Waals surface area contributed by atoms with E-state index in [0.717, 1.165) is 11.1 Å². The zero-order valence-corrected chi connectivity index (χ0v) is 16.1. The van der Waals surface area contributed by atoms with Gasteiger partial charge in [-0.3, -0.25) is 9.59 Å². The third-order valence-corrected chi connectivity index (χ3v) is 4.95. The van der Waals surface area contributed by atoms with Gasteiger partial charge >= 0.3 is 5.97 Å². The molecule has 5 nitrogen and oxygen atoms in total. The number of rotatable bonds is 7. The minimum absolute atomic E-state index is 0.146. The topological polar surface area (TPSA) is 72.5 Å². The minimum atomic E-state index is -0.703. The highest BCUT2D eigenvalue weighted by Gasteiger charge is 2.20. The predicted octanol–water partition coefficient (Wildman–Crippen LogP) is 3.76. The lowest BCUT2D eigenvalue weighted by Gasteiger charge is -2.09. The van der Waals surface area contributed by atoms with E-state index in [1.807, 2.05) is 31.2 Å². The second-order valence-electron chi connectivity index (χ2n) is 6.19. The Morgan fingerprint density at radius 1 is 0.929 bits per heavy atom. The maximum absolute atomic E-state index is 12.6. The van der Waals surface area contributed by atoms with Crippen molar-refractivity contribution in [1.29, 1.82) is 0 Å². The second kappa shape index (κ2) is 9.10. The Hall–Kier alpha value is -3.25. The first-order chi connectivity index (χ1) is 13.5. The van der Waals surface area contributed by atoms with Crippen LogP contribution < -0.4 is 5.32 Å². The molecular weight excluding hydrogens is 374 g/mol. The molecule has 0 atom stereocenters. The number of ketones is 1. The van der Waals surface area contributed by atoms with E-state index in [1.165, 1.54) is 17.4 Å². The average molecular weight is 393 g/mol. The lowest BCUT2D eigenvalue weighted by Crippen LogP contribution is -2.28. The Morgan fingerprint density at radius 2 is 1.64 bits per heavy atom. The molecule has 2 aromatic carbocycles. The summed E-state index contributed by atoms with van der Waals surface area (Å²) in [4.78, 5) is 37.5. The Bertz CT molecular complexity index is 978. The van der Waals surface area contributed by atoms with Crippen molar-refractivity contribution < 1.29 is 19.1 Å². The van der Waals surface area contributed by atoms with E-state index in [2.05, 4.69) is 5.32 Å². The highest BCUT2D eigenvalue weighted by molar-refractivity contribution is 7.12. The van der Waals surface area contributed by atoms with Crippen LogP contribution in [0, 0.1) is 6.92 Å². The van der Waals surface area contributed by atoms with Crippen LogP contribution in [0.5, 0.6) is 0 Å². The second-order valence-corrected chi connectivity index (χ2v) is 7.14. The number of amides is 1. The van der Waals surface area contributed by atoms with Crippen LogP contribution in [0.1, 0.15) is 36.7 Å². The molecule has 6 heteroatoms. The number of hydrogen-bond donors (Lipinski definition) is 1. The Labute approximate surface area is 167 Å². The quantitative estimate of drug-likeness (QED) is 0.490. The largest absolute Gasteiger partial charge is 0.452 e. The van der Waals surface area contributed by atoms with Crippen molar-refractivity contribution in [3.63, 3.8) is 0 Å². The van der Waals surface area contributed by atoms with Crippen molar-refractivity contribution in [3.8, 4) is 0 Å². The van der Waals surface area contributed by atoms with E-state index < -0.39 is 18.5 Å². The Morgan fingerprint density at radius 3 is 2.32 bits per heavy atom. The lowest BCUT2D eigenvalue weighted by atomic mass is 10.0. The average Bonchev–Trinajstić information content (AvgIpc) is 3.26. The first kappa shape index (κ1) is 19.5. The van der Waals surface area contributed by atoms with Crippen LogP contribution in [0.3, 0.4) is 0 Å². The van der Waals surface area contributed by atoms with Gasteiger partial charge in [0.05, 0.1) is 10.4 Å². The normalized spacial score (nSPS) is 10.3. The number of carbonyl (C=O) groups excluding carboxylic acids is 3. The summed E-state index contributed by atoms with van der Waals surface area (Å²) in [6.07, 6.45) is 0. The summed E-state index contributed by atoms with van der Waals surface area (Å²) in [7, 11) is 0. The molecule has 142 valence electrons. The monoisotopic (exact) mass is 393 g/mol. The van der Waals surface area contributed by atoms with Crippen molar-refractivity contribution in [2.24, 2.45) is 0 Å². The van der Waals surface area contributed by atoms with Crippen molar-refractivity contribution >= 4 is 29.0 Å². The van der Waals surface area contributed by atoms with Crippen molar-refractivity contribution in [2.45, 2.75) is 13.5 Å². The number of hydrogen-bond acceptors (Lipinski definition) is 5. The van der Waals surface area contributed by atoms with Gasteiger partial charge in [0, 0.05) is 12.1 Å². The summed E-state index contributed by atoms with van der Waals surface area (Å²) in [5.41, 5.74) is 2.50. The summed E-state index contributed by atoms with van der Waals surface area (Å²) >= 11 is 1.30. The van der Waals surface area contributed by atoms with Crippen LogP contribution in [-0.4, -0.2) is 24.3 Å². The van der Waals surface area contributed by atoms with E-state index in [9.17, 15) is 14.4 Å². The minimum Gasteiger partial charge on any atom is -0.452 e. The fourth-order valence-electron chi connectivity index (χ4n) is 2.57. The van der Waals surface area contributed by atoms with Gasteiger partial charge in [-0.15, -0.1) is 11.3 Å². The van der Waals surface area contributed by atoms with Crippen LogP contribution >= 0.6 is 11.3 Å². The number of carbonyl (C=O) groups is 3. The van der Waals surface area contributed by atoms with Crippen LogP contribution in [-0.2, 0) is 16.1 Å². The zero-order valence-electron chi connectivity index (χ0n) is 15.3. The van der Waals surface area contributed by atoms with Crippen LogP contribution in [0.2, 0.25) is 0 Å². The molecule has 1 aromatic heterocycles. The predicted molar refractivity (Wildman–Crippen MR) is 108 cm³/mol. The molecule has 0 aliphatic heterocycles. The highest BCUT2D eigenvalue weighted by atomic mass is 32.1. The van der Waals surface area contributed by atoms with Crippen LogP contribution in [0.4, 0.5) is 0 Å². The molecule has 3 rings (SSSR count). The SMILES string of the molecule is Cc1ccc(CNC(=O)COC(=O)c2ccccc2C(=O)c2cccs2)cc1. The van der Waals surface area contributed by atoms with Crippen molar-refractivity contribution in [1.82, 2.24) is 5.32 Å². The summed E-state index contributed by atoms with van der Waals surface area (Å²) in [5, 5.41) is 4.50. The maximum Gasteiger partial charge on any atom is 0.339 e. The molecule has 0 fully saturated rings. The lowest BCUT2D eigenvalue weighted by molar-refractivity contribution is -0.124. The molecule has 0 saturated carbocycles. The third-order valence-electron chi connectivity index (χ3n) is 4.08. The summed E-state index contributed by atoms with van der Waals surface area (Å²) in [5.74, 6) is -1.35. The third kappa shape index (κ3) is 4.92. The molecular formula is C22H19NO4S. The van der Waals surface area contributed by atoms with Crippen molar-refractivity contribution in [3.05, 3.63) is 93.2 Å². The van der Waals surface area contributed by atoms with Gasteiger partial charge in [0.2, 0.25) is 5.78 Å². The van der Waals surface area contributed by atoms with E-state index in [1.54, 1.807) is 35.7 Å².